The highest BCUT2D eigenvalue weighted by Gasteiger charge is 2.44. The van der Waals surface area contributed by atoms with Crippen LogP contribution in [0.15, 0.2) is 18.2 Å². The van der Waals surface area contributed by atoms with Gasteiger partial charge in [0.05, 0.1) is 5.60 Å². The summed E-state index contributed by atoms with van der Waals surface area (Å²) in [5, 5.41) is 14.0. The number of hydrogen-bond acceptors (Lipinski definition) is 2. The van der Waals surface area contributed by atoms with Crippen molar-refractivity contribution >= 4 is 0 Å². The quantitative estimate of drug-likeness (QED) is 0.786. The molecule has 92 valence electrons. The predicted molar refractivity (Wildman–Crippen MR) is 59.4 cm³/mol. The third kappa shape index (κ3) is 1.76. The molecule has 0 saturated carbocycles. The van der Waals surface area contributed by atoms with Crippen molar-refractivity contribution < 1.29 is 13.9 Å². The Balaban J connectivity index is 2.00. The van der Waals surface area contributed by atoms with E-state index in [0.717, 1.165) is 18.9 Å². The van der Waals surface area contributed by atoms with E-state index in [1.807, 2.05) is 0 Å². The smallest absolute Gasteiger partial charge is 0.164 e. The van der Waals surface area contributed by atoms with Crippen LogP contribution < -0.4 is 5.32 Å². The van der Waals surface area contributed by atoms with Crippen LogP contribution in [0.25, 0.3) is 0 Å². The van der Waals surface area contributed by atoms with Gasteiger partial charge in [-0.2, -0.15) is 0 Å². The largest absolute Gasteiger partial charge is 0.385 e. The van der Waals surface area contributed by atoms with E-state index in [4.69, 9.17) is 0 Å². The summed E-state index contributed by atoms with van der Waals surface area (Å²) in [6.45, 7) is 0. The normalized spacial score (nSPS) is 36.2. The van der Waals surface area contributed by atoms with Crippen molar-refractivity contribution in [3.05, 3.63) is 35.4 Å². The molecule has 2 fully saturated rings. The monoisotopic (exact) mass is 239 g/mol. The van der Waals surface area contributed by atoms with E-state index in [9.17, 15) is 13.9 Å². The summed E-state index contributed by atoms with van der Waals surface area (Å²) in [5.41, 5.74) is -1.11. The lowest BCUT2D eigenvalue weighted by atomic mass is 9.81. The van der Waals surface area contributed by atoms with Gasteiger partial charge in [0, 0.05) is 17.6 Å². The van der Waals surface area contributed by atoms with E-state index in [1.165, 1.54) is 12.1 Å². The molecule has 2 nitrogen and oxygen atoms in total. The molecule has 2 bridgehead atoms. The minimum absolute atomic E-state index is 0.107. The molecule has 3 rings (SSSR count). The second-order valence-electron chi connectivity index (χ2n) is 5.18. The number of nitrogens with one attached hydrogen (secondary N) is 1. The van der Waals surface area contributed by atoms with Crippen LogP contribution in [-0.2, 0) is 5.60 Å². The minimum atomic E-state index is -1.22. The fourth-order valence-electron chi connectivity index (χ4n) is 3.21. The third-order valence-corrected chi connectivity index (χ3v) is 3.96. The highest BCUT2D eigenvalue weighted by Crippen LogP contribution is 2.41. The maximum atomic E-state index is 13.8. The fourth-order valence-corrected chi connectivity index (χ4v) is 3.21. The predicted octanol–water partition coefficient (Wildman–Crippen LogP) is 2.07. The Bertz CT molecular complexity index is 437. The summed E-state index contributed by atoms with van der Waals surface area (Å²) < 4.78 is 27.0. The van der Waals surface area contributed by atoms with Gasteiger partial charge in [-0.15, -0.1) is 0 Å². The summed E-state index contributed by atoms with van der Waals surface area (Å²) in [7, 11) is 0. The molecule has 2 heterocycles. The third-order valence-electron chi connectivity index (χ3n) is 3.96. The molecule has 2 aliphatic rings. The molecule has 17 heavy (non-hydrogen) atoms. The van der Waals surface area contributed by atoms with Gasteiger partial charge < -0.3 is 10.4 Å². The maximum absolute atomic E-state index is 13.8. The second kappa shape index (κ2) is 3.75. The first-order valence-electron chi connectivity index (χ1n) is 6.01. The molecule has 2 unspecified atom stereocenters. The topological polar surface area (TPSA) is 32.3 Å². The summed E-state index contributed by atoms with van der Waals surface area (Å²) in [6, 6.07) is 4.47. The summed E-state index contributed by atoms with van der Waals surface area (Å²) >= 11 is 0. The van der Waals surface area contributed by atoms with Gasteiger partial charge in [0.25, 0.3) is 0 Å². The van der Waals surface area contributed by atoms with Crippen molar-refractivity contribution in [1.29, 1.82) is 0 Å². The Labute approximate surface area is 98.6 Å². The fraction of sp³-hybridized carbons (Fsp3) is 0.538. The second-order valence-corrected chi connectivity index (χ2v) is 5.18. The lowest BCUT2D eigenvalue weighted by molar-refractivity contribution is -0.0148. The standard InChI is InChI=1S/C13H15F2NO/c14-11-3-1-2-10(12(11)15)13(17)6-8-4-5-9(7-13)16-8/h1-3,8-9,16-17H,4-7H2. The highest BCUT2D eigenvalue weighted by atomic mass is 19.2. The number of hydrogen-bond donors (Lipinski definition) is 2. The van der Waals surface area contributed by atoms with Gasteiger partial charge in [0.15, 0.2) is 11.6 Å². The summed E-state index contributed by atoms with van der Waals surface area (Å²) in [6.07, 6.45) is 2.93. The van der Waals surface area contributed by atoms with Crippen LogP contribution in [0, 0.1) is 11.6 Å². The Kier molecular flexibility index (Phi) is 2.45. The first-order chi connectivity index (χ1) is 8.08. The van der Waals surface area contributed by atoms with Crippen LogP contribution in [0.3, 0.4) is 0 Å². The first-order valence-corrected chi connectivity index (χ1v) is 6.01. The molecule has 0 spiro atoms. The molecule has 0 radical (unpaired) electrons. The SMILES string of the molecule is OC1(c2cccc(F)c2F)CC2CCC(C1)N2. The molecule has 1 aromatic carbocycles. The van der Waals surface area contributed by atoms with Gasteiger partial charge >= 0.3 is 0 Å². The zero-order chi connectivity index (χ0) is 12.0. The minimum Gasteiger partial charge on any atom is -0.385 e. The van der Waals surface area contributed by atoms with Crippen LogP contribution in [0.2, 0.25) is 0 Å². The van der Waals surface area contributed by atoms with Gasteiger partial charge in [0.1, 0.15) is 0 Å². The molecule has 2 atom stereocenters. The maximum Gasteiger partial charge on any atom is 0.164 e. The van der Waals surface area contributed by atoms with Crippen LogP contribution in [0.1, 0.15) is 31.2 Å². The molecule has 0 aliphatic carbocycles. The Morgan fingerprint density at radius 3 is 2.47 bits per heavy atom. The van der Waals surface area contributed by atoms with Crippen molar-refractivity contribution in [2.24, 2.45) is 0 Å². The Hall–Kier alpha value is -1.00. The number of fused-ring (bicyclic) bond motifs is 2. The molecule has 2 N–H and O–H groups in total. The lowest BCUT2D eigenvalue weighted by Crippen LogP contribution is -2.47. The number of aliphatic hydroxyl groups is 1. The zero-order valence-corrected chi connectivity index (χ0v) is 9.42. The van der Waals surface area contributed by atoms with E-state index in [0.29, 0.717) is 12.8 Å². The number of rotatable bonds is 1. The van der Waals surface area contributed by atoms with Crippen molar-refractivity contribution in [2.75, 3.05) is 0 Å². The molecule has 0 aromatic heterocycles. The van der Waals surface area contributed by atoms with Crippen molar-refractivity contribution in [2.45, 2.75) is 43.4 Å². The Morgan fingerprint density at radius 2 is 1.82 bits per heavy atom. The van der Waals surface area contributed by atoms with Crippen molar-refractivity contribution in [3.63, 3.8) is 0 Å². The average molecular weight is 239 g/mol. The van der Waals surface area contributed by atoms with Crippen LogP contribution in [0.5, 0.6) is 0 Å². The molecule has 2 aliphatic heterocycles. The summed E-state index contributed by atoms with van der Waals surface area (Å²) in [5.74, 6) is -1.79. The van der Waals surface area contributed by atoms with Gasteiger partial charge in [0.2, 0.25) is 0 Å². The zero-order valence-electron chi connectivity index (χ0n) is 9.42. The van der Waals surface area contributed by atoms with E-state index < -0.39 is 17.2 Å². The molecule has 2 saturated heterocycles. The average Bonchev–Trinajstić information content (AvgIpc) is 2.62. The van der Waals surface area contributed by atoms with E-state index in [-0.39, 0.29) is 17.6 Å². The van der Waals surface area contributed by atoms with Crippen molar-refractivity contribution in [3.8, 4) is 0 Å². The van der Waals surface area contributed by atoms with E-state index in [1.54, 1.807) is 0 Å². The molecule has 1 aromatic rings. The molecule has 4 heteroatoms. The van der Waals surface area contributed by atoms with E-state index >= 15 is 0 Å². The van der Waals surface area contributed by atoms with E-state index in [2.05, 4.69) is 5.32 Å². The van der Waals surface area contributed by atoms with Gasteiger partial charge in [-0.3, -0.25) is 0 Å². The van der Waals surface area contributed by atoms with Crippen LogP contribution in [-0.4, -0.2) is 17.2 Å². The first kappa shape index (κ1) is 11.1. The number of benzene rings is 1. The number of piperidine rings is 1. The molecular formula is C13H15F2NO. The van der Waals surface area contributed by atoms with Gasteiger partial charge in [-0.1, -0.05) is 12.1 Å². The lowest BCUT2D eigenvalue weighted by Gasteiger charge is -2.37. The summed E-state index contributed by atoms with van der Waals surface area (Å²) in [4.78, 5) is 0. The van der Waals surface area contributed by atoms with Crippen LogP contribution in [0.4, 0.5) is 8.78 Å². The van der Waals surface area contributed by atoms with Crippen molar-refractivity contribution in [1.82, 2.24) is 5.32 Å². The molecular weight excluding hydrogens is 224 g/mol. The molecule has 0 amide bonds. The number of halogens is 2. The Morgan fingerprint density at radius 1 is 1.18 bits per heavy atom. The van der Waals surface area contributed by atoms with Gasteiger partial charge in [-0.25, -0.2) is 8.78 Å². The van der Waals surface area contributed by atoms with Crippen LogP contribution >= 0.6 is 0 Å². The highest BCUT2D eigenvalue weighted by molar-refractivity contribution is 5.27. The van der Waals surface area contributed by atoms with Gasteiger partial charge in [-0.05, 0) is 31.7 Å².